The van der Waals surface area contributed by atoms with Crippen LogP contribution in [0.25, 0.3) is 11.5 Å². The minimum atomic E-state index is -0.410. The SMILES string of the molecule is CCOC(=O)c1c(NC(=O)Cc2coc(-c3ccccc3)n2)sc(C)c1CC. The van der Waals surface area contributed by atoms with Gasteiger partial charge in [-0.2, -0.15) is 0 Å². The molecule has 0 saturated heterocycles. The Morgan fingerprint density at radius 3 is 2.64 bits per heavy atom. The molecule has 0 saturated carbocycles. The third-order valence-electron chi connectivity index (χ3n) is 4.21. The zero-order valence-electron chi connectivity index (χ0n) is 16.1. The maximum Gasteiger partial charge on any atom is 0.341 e. The van der Waals surface area contributed by atoms with E-state index in [0.717, 1.165) is 16.0 Å². The van der Waals surface area contributed by atoms with E-state index < -0.39 is 5.97 Å². The number of hydrogen-bond acceptors (Lipinski definition) is 6. The minimum Gasteiger partial charge on any atom is -0.462 e. The minimum absolute atomic E-state index is 0.0526. The first kappa shape index (κ1) is 19.8. The van der Waals surface area contributed by atoms with Crippen LogP contribution in [-0.4, -0.2) is 23.5 Å². The van der Waals surface area contributed by atoms with E-state index in [1.165, 1.54) is 17.6 Å². The molecular weight excluding hydrogens is 376 g/mol. The molecule has 2 aromatic heterocycles. The lowest BCUT2D eigenvalue weighted by molar-refractivity contribution is -0.115. The average molecular weight is 398 g/mol. The zero-order chi connectivity index (χ0) is 20.1. The highest BCUT2D eigenvalue weighted by molar-refractivity contribution is 7.16. The van der Waals surface area contributed by atoms with Gasteiger partial charge in [-0.1, -0.05) is 25.1 Å². The Hall–Kier alpha value is -2.93. The number of hydrogen-bond donors (Lipinski definition) is 1. The first-order valence-electron chi connectivity index (χ1n) is 9.12. The van der Waals surface area contributed by atoms with Gasteiger partial charge in [0.25, 0.3) is 0 Å². The van der Waals surface area contributed by atoms with Gasteiger partial charge in [-0.15, -0.1) is 11.3 Å². The van der Waals surface area contributed by atoms with Gasteiger partial charge in [0, 0.05) is 10.4 Å². The number of aromatic nitrogens is 1. The molecule has 28 heavy (non-hydrogen) atoms. The molecule has 0 unspecified atom stereocenters. The molecule has 0 radical (unpaired) electrons. The van der Waals surface area contributed by atoms with Crippen LogP contribution in [0.3, 0.4) is 0 Å². The van der Waals surface area contributed by atoms with E-state index in [2.05, 4.69) is 10.3 Å². The topological polar surface area (TPSA) is 81.4 Å². The summed E-state index contributed by atoms with van der Waals surface area (Å²) >= 11 is 1.38. The Bertz CT molecular complexity index is 976. The monoisotopic (exact) mass is 398 g/mol. The van der Waals surface area contributed by atoms with Crippen LogP contribution in [0.15, 0.2) is 41.0 Å². The Balaban J connectivity index is 1.75. The lowest BCUT2D eigenvalue weighted by atomic mass is 10.1. The first-order valence-corrected chi connectivity index (χ1v) is 9.94. The number of carbonyl (C=O) groups excluding carboxylic acids is 2. The number of nitrogens with one attached hydrogen (secondary N) is 1. The molecule has 7 heteroatoms. The zero-order valence-corrected chi connectivity index (χ0v) is 16.9. The molecule has 146 valence electrons. The number of thiophene rings is 1. The summed E-state index contributed by atoms with van der Waals surface area (Å²) < 4.78 is 10.6. The number of oxazole rings is 1. The summed E-state index contributed by atoms with van der Waals surface area (Å²) in [5, 5.41) is 3.36. The van der Waals surface area contributed by atoms with Gasteiger partial charge in [0.05, 0.1) is 24.3 Å². The van der Waals surface area contributed by atoms with Crippen molar-refractivity contribution in [1.29, 1.82) is 0 Å². The lowest BCUT2D eigenvalue weighted by Crippen LogP contribution is -2.17. The van der Waals surface area contributed by atoms with Gasteiger partial charge in [-0.05, 0) is 38.0 Å². The average Bonchev–Trinajstić information content (AvgIpc) is 3.26. The smallest absolute Gasteiger partial charge is 0.341 e. The second-order valence-electron chi connectivity index (χ2n) is 6.15. The molecule has 1 N–H and O–H groups in total. The van der Waals surface area contributed by atoms with Gasteiger partial charge in [0.1, 0.15) is 11.3 Å². The molecule has 0 fully saturated rings. The number of amides is 1. The predicted octanol–water partition coefficient (Wildman–Crippen LogP) is 4.63. The quantitative estimate of drug-likeness (QED) is 0.587. The molecule has 0 bridgehead atoms. The molecule has 0 aliphatic rings. The third kappa shape index (κ3) is 4.31. The summed E-state index contributed by atoms with van der Waals surface area (Å²) in [7, 11) is 0. The summed E-state index contributed by atoms with van der Waals surface area (Å²) in [4.78, 5) is 30.3. The molecule has 0 aliphatic heterocycles. The molecule has 0 spiro atoms. The van der Waals surface area contributed by atoms with Crippen LogP contribution >= 0.6 is 11.3 Å². The number of carbonyl (C=O) groups is 2. The highest BCUT2D eigenvalue weighted by Crippen LogP contribution is 2.34. The van der Waals surface area contributed by atoms with E-state index in [4.69, 9.17) is 9.15 Å². The molecular formula is C21H22N2O4S. The summed E-state index contributed by atoms with van der Waals surface area (Å²) in [6.07, 6.45) is 2.22. The number of nitrogens with zero attached hydrogens (tertiary/aromatic N) is 1. The highest BCUT2D eigenvalue weighted by atomic mass is 32.1. The molecule has 3 rings (SSSR count). The van der Waals surface area contributed by atoms with Crippen molar-refractivity contribution >= 4 is 28.2 Å². The maximum absolute atomic E-state index is 12.5. The molecule has 1 aromatic carbocycles. The van der Waals surface area contributed by atoms with Crippen LogP contribution in [-0.2, 0) is 22.4 Å². The van der Waals surface area contributed by atoms with E-state index in [9.17, 15) is 9.59 Å². The second-order valence-corrected chi connectivity index (χ2v) is 7.37. The Kier molecular flexibility index (Phi) is 6.26. The number of benzene rings is 1. The number of aryl methyl sites for hydroxylation is 1. The van der Waals surface area contributed by atoms with E-state index in [1.54, 1.807) is 6.92 Å². The van der Waals surface area contributed by atoms with Crippen LogP contribution < -0.4 is 5.32 Å². The van der Waals surface area contributed by atoms with E-state index in [0.29, 0.717) is 28.6 Å². The van der Waals surface area contributed by atoms with Crippen molar-refractivity contribution in [2.45, 2.75) is 33.6 Å². The Morgan fingerprint density at radius 1 is 1.21 bits per heavy atom. The van der Waals surface area contributed by atoms with Gasteiger partial charge in [-0.3, -0.25) is 4.79 Å². The number of ether oxygens (including phenoxy) is 1. The predicted molar refractivity (Wildman–Crippen MR) is 109 cm³/mol. The summed E-state index contributed by atoms with van der Waals surface area (Å²) in [6.45, 7) is 5.96. The summed E-state index contributed by atoms with van der Waals surface area (Å²) in [6, 6.07) is 9.49. The van der Waals surface area contributed by atoms with Crippen molar-refractivity contribution in [3.05, 3.63) is 58.3 Å². The standard InChI is InChI=1S/C21H22N2O4S/c1-4-16-13(3)28-20(18(16)21(25)26-5-2)23-17(24)11-15-12-27-19(22-15)14-9-7-6-8-10-14/h6-10,12H,4-5,11H2,1-3H3,(H,23,24). The lowest BCUT2D eigenvalue weighted by Gasteiger charge is -2.07. The number of rotatable bonds is 7. The van der Waals surface area contributed by atoms with Gasteiger partial charge >= 0.3 is 5.97 Å². The van der Waals surface area contributed by atoms with E-state index >= 15 is 0 Å². The fraction of sp³-hybridized carbons (Fsp3) is 0.286. The summed E-state index contributed by atoms with van der Waals surface area (Å²) in [5.41, 5.74) is 2.73. The van der Waals surface area contributed by atoms with Crippen molar-refractivity contribution < 1.29 is 18.7 Å². The molecule has 2 heterocycles. The van der Waals surface area contributed by atoms with Gasteiger partial charge in [-0.25, -0.2) is 9.78 Å². The first-order chi connectivity index (χ1) is 13.5. The van der Waals surface area contributed by atoms with E-state index in [-0.39, 0.29) is 18.9 Å². The molecule has 1 amide bonds. The van der Waals surface area contributed by atoms with Crippen molar-refractivity contribution in [2.75, 3.05) is 11.9 Å². The van der Waals surface area contributed by atoms with Gasteiger partial charge in [0.2, 0.25) is 11.8 Å². The van der Waals surface area contributed by atoms with Crippen molar-refractivity contribution in [1.82, 2.24) is 4.98 Å². The van der Waals surface area contributed by atoms with Crippen molar-refractivity contribution in [3.63, 3.8) is 0 Å². The van der Waals surface area contributed by atoms with Crippen LogP contribution in [0.2, 0.25) is 0 Å². The van der Waals surface area contributed by atoms with E-state index in [1.807, 2.05) is 44.2 Å². The highest BCUT2D eigenvalue weighted by Gasteiger charge is 2.23. The molecule has 0 atom stereocenters. The molecule has 0 aliphatic carbocycles. The van der Waals surface area contributed by atoms with Crippen molar-refractivity contribution in [2.24, 2.45) is 0 Å². The summed E-state index contributed by atoms with van der Waals surface area (Å²) in [5.74, 6) is -0.204. The van der Waals surface area contributed by atoms with Crippen LogP contribution in [0.4, 0.5) is 5.00 Å². The fourth-order valence-electron chi connectivity index (χ4n) is 2.95. The van der Waals surface area contributed by atoms with Crippen LogP contribution in [0.1, 0.15) is 40.3 Å². The normalized spacial score (nSPS) is 10.7. The molecule has 3 aromatic rings. The maximum atomic E-state index is 12.5. The third-order valence-corrected chi connectivity index (χ3v) is 5.27. The Labute approximate surface area is 167 Å². The largest absolute Gasteiger partial charge is 0.462 e. The second kappa shape index (κ2) is 8.84. The Morgan fingerprint density at radius 2 is 1.96 bits per heavy atom. The van der Waals surface area contributed by atoms with Crippen LogP contribution in [0.5, 0.6) is 0 Å². The fourth-order valence-corrected chi connectivity index (χ4v) is 4.10. The van der Waals surface area contributed by atoms with Crippen LogP contribution in [0, 0.1) is 6.92 Å². The van der Waals surface area contributed by atoms with Crippen molar-refractivity contribution in [3.8, 4) is 11.5 Å². The van der Waals surface area contributed by atoms with Gasteiger partial charge in [0.15, 0.2) is 0 Å². The van der Waals surface area contributed by atoms with Gasteiger partial charge < -0.3 is 14.5 Å². The molecule has 6 nitrogen and oxygen atoms in total. The number of esters is 1. The number of anilines is 1.